The Labute approximate surface area is 116 Å². The monoisotopic (exact) mass is 259 g/mol. The zero-order valence-corrected chi connectivity index (χ0v) is 12.9. The van der Waals surface area contributed by atoms with Gasteiger partial charge in [0.05, 0.1) is 16.6 Å². The lowest BCUT2D eigenvalue weighted by Gasteiger charge is -2.32. The predicted molar refractivity (Wildman–Crippen MR) is 81.4 cm³/mol. The Hall–Kier alpha value is -1.35. The Morgan fingerprint density at radius 2 is 1.74 bits per heavy atom. The maximum atomic E-state index is 4.87. The van der Waals surface area contributed by atoms with Crippen LogP contribution in [0.25, 0.3) is 11.0 Å². The van der Waals surface area contributed by atoms with E-state index in [0.717, 1.165) is 17.9 Å². The number of nitrogens with one attached hydrogen (secondary N) is 1. The van der Waals surface area contributed by atoms with Crippen molar-refractivity contribution in [3.8, 4) is 0 Å². The van der Waals surface area contributed by atoms with Crippen LogP contribution in [-0.4, -0.2) is 16.1 Å². The van der Waals surface area contributed by atoms with E-state index in [1.54, 1.807) is 0 Å². The molecule has 3 nitrogen and oxygen atoms in total. The Morgan fingerprint density at radius 3 is 2.32 bits per heavy atom. The van der Waals surface area contributed by atoms with Gasteiger partial charge < -0.3 is 9.88 Å². The van der Waals surface area contributed by atoms with Gasteiger partial charge in [0.25, 0.3) is 0 Å². The first-order valence-corrected chi connectivity index (χ1v) is 7.01. The van der Waals surface area contributed by atoms with Crippen LogP contribution >= 0.6 is 0 Å². The van der Waals surface area contributed by atoms with Gasteiger partial charge in [-0.25, -0.2) is 4.98 Å². The molecule has 1 heterocycles. The van der Waals surface area contributed by atoms with Crippen molar-refractivity contribution >= 4 is 11.0 Å². The molecule has 0 unspecified atom stereocenters. The summed E-state index contributed by atoms with van der Waals surface area (Å²) < 4.78 is 2.35. The maximum absolute atomic E-state index is 4.87. The van der Waals surface area contributed by atoms with E-state index in [2.05, 4.69) is 69.6 Å². The molecule has 1 N–H and O–H groups in total. The van der Waals surface area contributed by atoms with Gasteiger partial charge in [-0.1, -0.05) is 19.1 Å². The van der Waals surface area contributed by atoms with Gasteiger partial charge in [0.1, 0.15) is 5.82 Å². The number of imidazole rings is 1. The first-order chi connectivity index (χ1) is 8.77. The molecule has 0 aliphatic heterocycles. The minimum Gasteiger partial charge on any atom is -0.321 e. The highest BCUT2D eigenvalue weighted by Gasteiger charge is 2.30. The Kier molecular flexibility index (Phi) is 3.43. The second-order valence-electron chi connectivity index (χ2n) is 6.59. The summed E-state index contributed by atoms with van der Waals surface area (Å²) >= 11 is 0. The predicted octanol–water partition coefficient (Wildman–Crippen LogP) is 3.64. The molecule has 2 aromatic rings. The smallest absolute Gasteiger partial charge is 0.130 e. The molecule has 0 saturated heterocycles. The number of para-hydroxylation sites is 2. The Morgan fingerprint density at radius 1 is 1.11 bits per heavy atom. The largest absolute Gasteiger partial charge is 0.321 e. The van der Waals surface area contributed by atoms with Gasteiger partial charge >= 0.3 is 0 Å². The summed E-state index contributed by atoms with van der Waals surface area (Å²) in [5.74, 6) is 1.10. The number of rotatable bonds is 3. The van der Waals surface area contributed by atoms with E-state index in [0.29, 0.717) is 0 Å². The molecule has 0 radical (unpaired) electrons. The first kappa shape index (κ1) is 14.1. The van der Waals surface area contributed by atoms with Crippen LogP contribution in [-0.2, 0) is 11.1 Å². The van der Waals surface area contributed by atoms with Crippen LogP contribution in [0.5, 0.6) is 0 Å². The molecule has 0 aliphatic rings. The third-order valence-corrected chi connectivity index (χ3v) is 3.41. The minimum absolute atomic E-state index is 0.0120. The highest BCUT2D eigenvalue weighted by atomic mass is 15.2. The molecular formula is C16H25N3. The molecule has 0 bridgehead atoms. The van der Waals surface area contributed by atoms with Crippen LogP contribution in [0.4, 0.5) is 0 Å². The lowest BCUT2D eigenvalue weighted by atomic mass is 10.0. The number of benzene rings is 1. The van der Waals surface area contributed by atoms with Gasteiger partial charge in [-0.3, -0.25) is 0 Å². The molecule has 2 rings (SSSR count). The molecule has 0 saturated carbocycles. The molecule has 1 aromatic carbocycles. The van der Waals surface area contributed by atoms with Gasteiger partial charge in [-0.05, 0) is 53.3 Å². The van der Waals surface area contributed by atoms with Crippen LogP contribution in [0.1, 0.15) is 47.4 Å². The zero-order chi connectivity index (χ0) is 14.3. The number of nitrogens with zero attached hydrogens (tertiary/aromatic N) is 2. The maximum Gasteiger partial charge on any atom is 0.130 e. The van der Waals surface area contributed by atoms with E-state index in [4.69, 9.17) is 4.98 Å². The van der Waals surface area contributed by atoms with Gasteiger partial charge in [0.15, 0.2) is 0 Å². The molecule has 1 aromatic heterocycles. The second kappa shape index (κ2) is 4.64. The number of hydrogen-bond acceptors (Lipinski definition) is 2. The fourth-order valence-corrected chi connectivity index (χ4v) is 2.65. The van der Waals surface area contributed by atoms with E-state index in [-0.39, 0.29) is 11.1 Å². The lowest BCUT2D eigenvalue weighted by molar-refractivity contribution is 0.321. The quantitative estimate of drug-likeness (QED) is 0.912. The summed E-state index contributed by atoms with van der Waals surface area (Å²) in [5, 5.41) is 3.53. The molecule has 19 heavy (non-hydrogen) atoms. The summed E-state index contributed by atoms with van der Waals surface area (Å²) in [5.41, 5.74) is 2.15. The van der Waals surface area contributed by atoms with Crippen molar-refractivity contribution < 1.29 is 0 Å². The average molecular weight is 259 g/mol. The fraction of sp³-hybridized carbons (Fsp3) is 0.562. The third kappa shape index (κ3) is 2.52. The van der Waals surface area contributed by atoms with Crippen LogP contribution in [0.3, 0.4) is 0 Å². The highest BCUT2D eigenvalue weighted by molar-refractivity contribution is 5.76. The summed E-state index contributed by atoms with van der Waals surface area (Å²) in [4.78, 5) is 4.87. The fourth-order valence-electron chi connectivity index (χ4n) is 2.65. The SMILES string of the molecule is CCNC(C)(C)c1nc2ccccc2n1C(C)(C)C. The zero-order valence-electron chi connectivity index (χ0n) is 12.9. The molecule has 0 aliphatic carbocycles. The van der Waals surface area contributed by atoms with E-state index >= 15 is 0 Å². The van der Waals surface area contributed by atoms with E-state index in [9.17, 15) is 0 Å². The summed E-state index contributed by atoms with van der Waals surface area (Å²) in [6, 6.07) is 8.37. The van der Waals surface area contributed by atoms with E-state index < -0.39 is 0 Å². The molecule has 104 valence electrons. The van der Waals surface area contributed by atoms with Crippen molar-refractivity contribution in [2.75, 3.05) is 6.54 Å². The molecule has 0 atom stereocenters. The van der Waals surface area contributed by atoms with Crippen molar-refractivity contribution in [2.24, 2.45) is 0 Å². The summed E-state index contributed by atoms with van der Waals surface area (Å²) in [6.45, 7) is 14.1. The Bertz CT molecular complexity index is 573. The second-order valence-corrected chi connectivity index (χ2v) is 6.59. The summed E-state index contributed by atoms with van der Waals surface area (Å²) in [7, 11) is 0. The lowest BCUT2D eigenvalue weighted by Crippen LogP contribution is -2.41. The normalized spacial score (nSPS) is 13.2. The van der Waals surface area contributed by atoms with Crippen molar-refractivity contribution in [1.82, 2.24) is 14.9 Å². The van der Waals surface area contributed by atoms with Crippen molar-refractivity contribution in [1.29, 1.82) is 0 Å². The molecular weight excluding hydrogens is 234 g/mol. The summed E-state index contributed by atoms with van der Waals surface area (Å²) in [6.07, 6.45) is 0. The topological polar surface area (TPSA) is 29.9 Å². The van der Waals surface area contributed by atoms with Crippen molar-refractivity contribution in [3.05, 3.63) is 30.1 Å². The van der Waals surface area contributed by atoms with Crippen LogP contribution in [0, 0.1) is 0 Å². The highest BCUT2D eigenvalue weighted by Crippen LogP contribution is 2.30. The number of aromatic nitrogens is 2. The van der Waals surface area contributed by atoms with Crippen molar-refractivity contribution in [2.45, 2.75) is 52.6 Å². The van der Waals surface area contributed by atoms with Crippen LogP contribution in [0.15, 0.2) is 24.3 Å². The van der Waals surface area contributed by atoms with E-state index in [1.165, 1.54) is 5.52 Å². The Balaban J connectivity index is 2.73. The third-order valence-electron chi connectivity index (χ3n) is 3.41. The first-order valence-electron chi connectivity index (χ1n) is 7.01. The van der Waals surface area contributed by atoms with Crippen LogP contribution < -0.4 is 5.32 Å². The number of fused-ring (bicyclic) bond motifs is 1. The molecule has 0 amide bonds. The molecule has 0 spiro atoms. The van der Waals surface area contributed by atoms with Gasteiger partial charge in [0.2, 0.25) is 0 Å². The van der Waals surface area contributed by atoms with Gasteiger partial charge in [0, 0.05) is 5.54 Å². The van der Waals surface area contributed by atoms with Crippen molar-refractivity contribution in [3.63, 3.8) is 0 Å². The molecule has 3 heteroatoms. The average Bonchev–Trinajstić information content (AvgIpc) is 2.68. The van der Waals surface area contributed by atoms with E-state index in [1.807, 2.05) is 6.07 Å². The van der Waals surface area contributed by atoms with Gasteiger partial charge in [-0.2, -0.15) is 0 Å². The molecule has 0 fully saturated rings. The van der Waals surface area contributed by atoms with Crippen LogP contribution in [0.2, 0.25) is 0 Å². The standard InChI is InChI=1S/C16H25N3/c1-7-17-16(5,6)14-18-12-10-8-9-11-13(12)19(14)15(2,3)4/h8-11,17H,7H2,1-6H3. The minimum atomic E-state index is -0.138. The van der Waals surface area contributed by atoms with Gasteiger partial charge in [-0.15, -0.1) is 0 Å². The number of hydrogen-bond donors (Lipinski definition) is 1.